The van der Waals surface area contributed by atoms with E-state index in [4.69, 9.17) is 4.74 Å². The number of nitrogens with zero attached hydrogens (tertiary/aromatic N) is 1. The molecule has 2 unspecified atom stereocenters. The second-order valence-corrected chi connectivity index (χ2v) is 4.88. The van der Waals surface area contributed by atoms with Gasteiger partial charge in [0.25, 0.3) is 0 Å². The second kappa shape index (κ2) is 6.30. The zero-order valence-corrected chi connectivity index (χ0v) is 11.3. The van der Waals surface area contributed by atoms with Gasteiger partial charge >= 0.3 is 0 Å². The molecule has 5 nitrogen and oxygen atoms in total. The van der Waals surface area contributed by atoms with E-state index in [0.29, 0.717) is 19.6 Å². The molecule has 2 N–H and O–H groups in total. The Bertz CT molecular complexity index is 484. The van der Waals surface area contributed by atoms with Crippen LogP contribution in [-0.4, -0.2) is 59.8 Å². The summed E-state index contributed by atoms with van der Waals surface area (Å²) in [6.45, 7) is 1.01. The maximum atomic E-state index is 13.7. The SMILES string of the molecule is COc1cccc(F)c1C(=O)CCN1CC(O)C(O)C1. The number of ketones is 1. The molecule has 1 saturated heterocycles. The van der Waals surface area contributed by atoms with Crippen molar-refractivity contribution in [1.29, 1.82) is 0 Å². The fourth-order valence-electron chi connectivity index (χ4n) is 2.36. The highest BCUT2D eigenvalue weighted by atomic mass is 19.1. The highest BCUT2D eigenvalue weighted by Crippen LogP contribution is 2.23. The monoisotopic (exact) mass is 283 g/mol. The van der Waals surface area contributed by atoms with Gasteiger partial charge in [0.2, 0.25) is 0 Å². The molecule has 1 aliphatic rings. The van der Waals surface area contributed by atoms with Crippen molar-refractivity contribution < 1.29 is 24.1 Å². The van der Waals surface area contributed by atoms with Crippen LogP contribution in [0.3, 0.4) is 0 Å². The molecule has 20 heavy (non-hydrogen) atoms. The summed E-state index contributed by atoms with van der Waals surface area (Å²) in [6, 6.07) is 4.25. The third-order valence-corrected chi connectivity index (χ3v) is 3.46. The highest BCUT2D eigenvalue weighted by molar-refractivity contribution is 5.99. The van der Waals surface area contributed by atoms with Gasteiger partial charge in [-0.1, -0.05) is 6.07 Å². The van der Waals surface area contributed by atoms with Crippen molar-refractivity contribution in [3.63, 3.8) is 0 Å². The molecule has 0 amide bonds. The molecule has 0 aliphatic carbocycles. The number of β-amino-alcohol motifs (C(OH)–C–C–N with tert-alkyl or cyclic N) is 2. The molecule has 2 atom stereocenters. The molecule has 0 spiro atoms. The Morgan fingerprint density at radius 1 is 1.40 bits per heavy atom. The Kier molecular flexibility index (Phi) is 4.69. The van der Waals surface area contributed by atoms with Crippen LogP contribution in [0.15, 0.2) is 18.2 Å². The number of carbonyl (C=O) groups is 1. The summed E-state index contributed by atoms with van der Waals surface area (Å²) in [5.41, 5.74) is -0.0460. The van der Waals surface area contributed by atoms with E-state index in [1.165, 1.54) is 19.2 Å². The Labute approximate surface area is 116 Å². The first-order chi connectivity index (χ1) is 9.52. The summed E-state index contributed by atoms with van der Waals surface area (Å²) >= 11 is 0. The Balaban J connectivity index is 1.99. The van der Waals surface area contributed by atoms with Crippen molar-refractivity contribution in [3.8, 4) is 5.75 Å². The number of halogens is 1. The quantitative estimate of drug-likeness (QED) is 0.768. The van der Waals surface area contributed by atoms with Gasteiger partial charge in [-0.3, -0.25) is 9.69 Å². The molecule has 1 fully saturated rings. The topological polar surface area (TPSA) is 70.0 Å². The molecule has 1 aliphatic heterocycles. The first kappa shape index (κ1) is 14.9. The molecule has 0 saturated carbocycles. The summed E-state index contributed by atoms with van der Waals surface area (Å²) in [7, 11) is 1.39. The lowest BCUT2D eigenvalue weighted by atomic mass is 10.1. The minimum absolute atomic E-state index is 0.0460. The van der Waals surface area contributed by atoms with E-state index in [2.05, 4.69) is 0 Å². The number of aliphatic hydroxyl groups excluding tert-OH is 2. The predicted molar refractivity (Wildman–Crippen MR) is 70.4 cm³/mol. The van der Waals surface area contributed by atoms with E-state index in [-0.39, 0.29) is 23.5 Å². The number of Topliss-reactive ketones (excluding diaryl/α,β-unsaturated/α-hetero) is 1. The zero-order chi connectivity index (χ0) is 14.7. The van der Waals surface area contributed by atoms with Crippen molar-refractivity contribution in [2.45, 2.75) is 18.6 Å². The van der Waals surface area contributed by atoms with E-state index < -0.39 is 18.0 Å². The van der Waals surface area contributed by atoms with E-state index in [1.54, 1.807) is 11.0 Å². The van der Waals surface area contributed by atoms with E-state index in [0.717, 1.165) is 0 Å². The van der Waals surface area contributed by atoms with Crippen LogP contribution in [0, 0.1) is 5.82 Å². The standard InChI is InChI=1S/C14H18FNO4/c1-20-13-4-2-3-9(15)14(13)10(17)5-6-16-7-11(18)12(19)8-16/h2-4,11-12,18-19H,5-8H2,1H3. The first-order valence-corrected chi connectivity index (χ1v) is 6.47. The highest BCUT2D eigenvalue weighted by Gasteiger charge is 2.29. The number of ether oxygens (including phenoxy) is 1. The van der Waals surface area contributed by atoms with Crippen LogP contribution < -0.4 is 4.74 Å². The van der Waals surface area contributed by atoms with Gasteiger partial charge in [0, 0.05) is 26.1 Å². The van der Waals surface area contributed by atoms with E-state index in [9.17, 15) is 19.4 Å². The van der Waals surface area contributed by atoms with Gasteiger partial charge in [-0.15, -0.1) is 0 Å². The lowest BCUT2D eigenvalue weighted by molar-refractivity contribution is 0.0572. The van der Waals surface area contributed by atoms with E-state index in [1.807, 2.05) is 0 Å². The number of methoxy groups -OCH3 is 1. The minimum Gasteiger partial charge on any atom is -0.496 e. The Hall–Kier alpha value is -1.50. The molecular formula is C14H18FNO4. The molecule has 1 aromatic rings. The van der Waals surface area contributed by atoms with Crippen LogP contribution in [0.4, 0.5) is 4.39 Å². The summed E-state index contributed by atoms with van der Waals surface area (Å²) < 4.78 is 18.7. The minimum atomic E-state index is -0.784. The number of likely N-dealkylation sites (tertiary alicyclic amines) is 1. The van der Waals surface area contributed by atoms with Crippen LogP contribution >= 0.6 is 0 Å². The Morgan fingerprint density at radius 2 is 2.05 bits per heavy atom. The fourth-order valence-corrected chi connectivity index (χ4v) is 2.36. The van der Waals surface area contributed by atoms with Gasteiger partial charge in [-0.05, 0) is 12.1 Å². The number of rotatable bonds is 5. The van der Waals surface area contributed by atoms with Gasteiger partial charge in [-0.2, -0.15) is 0 Å². The maximum Gasteiger partial charge on any atom is 0.170 e. The van der Waals surface area contributed by atoms with Crippen LogP contribution in [0.25, 0.3) is 0 Å². The number of carbonyl (C=O) groups excluding carboxylic acids is 1. The molecule has 1 aromatic carbocycles. The smallest absolute Gasteiger partial charge is 0.170 e. The van der Waals surface area contributed by atoms with Crippen molar-refractivity contribution in [2.75, 3.05) is 26.7 Å². The summed E-state index contributed by atoms with van der Waals surface area (Å²) in [4.78, 5) is 13.9. The largest absolute Gasteiger partial charge is 0.496 e. The molecule has 0 aromatic heterocycles. The fraction of sp³-hybridized carbons (Fsp3) is 0.500. The summed E-state index contributed by atoms with van der Waals surface area (Å²) in [5, 5.41) is 18.8. The molecule has 6 heteroatoms. The lowest BCUT2D eigenvalue weighted by Crippen LogP contribution is -2.25. The van der Waals surface area contributed by atoms with Gasteiger partial charge < -0.3 is 14.9 Å². The number of hydrogen-bond donors (Lipinski definition) is 2. The molecule has 0 radical (unpaired) electrons. The lowest BCUT2D eigenvalue weighted by Gasteiger charge is -2.14. The molecule has 1 heterocycles. The second-order valence-electron chi connectivity index (χ2n) is 4.88. The van der Waals surface area contributed by atoms with Crippen molar-refractivity contribution in [1.82, 2.24) is 4.90 Å². The first-order valence-electron chi connectivity index (χ1n) is 6.47. The third-order valence-electron chi connectivity index (χ3n) is 3.46. The summed E-state index contributed by atoms with van der Waals surface area (Å²) in [6.07, 6.45) is -1.46. The van der Waals surface area contributed by atoms with Gasteiger partial charge in [0.05, 0.1) is 24.9 Å². The molecule has 110 valence electrons. The van der Waals surface area contributed by atoms with Crippen LogP contribution in [0.1, 0.15) is 16.8 Å². The predicted octanol–water partition coefficient (Wildman–Crippen LogP) is 0.445. The normalized spacial score (nSPS) is 23.0. The van der Waals surface area contributed by atoms with Crippen LogP contribution in [0.2, 0.25) is 0 Å². The number of hydrogen-bond acceptors (Lipinski definition) is 5. The van der Waals surface area contributed by atoms with Gasteiger partial charge in [0.1, 0.15) is 11.6 Å². The average Bonchev–Trinajstić information content (AvgIpc) is 2.74. The van der Waals surface area contributed by atoms with Gasteiger partial charge in [-0.25, -0.2) is 4.39 Å². The molecule has 0 bridgehead atoms. The number of aliphatic hydroxyl groups is 2. The van der Waals surface area contributed by atoms with Crippen molar-refractivity contribution in [3.05, 3.63) is 29.6 Å². The van der Waals surface area contributed by atoms with Gasteiger partial charge in [0.15, 0.2) is 5.78 Å². The third kappa shape index (κ3) is 3.15. The van der Waals surface area contributed by atoms with E-state index >= 15 is 0 Å². The molecule has 2 rings (SSSR count). The maximum absolute atomic E-state index is 13.7. The van der Waals surface area contributed by atoms with Crippen LogP contribution in [-0.2, 0) is 0 Å². The summed E-state index contributed by atoms with van der Waals surface area (Å²) in [5.74, 6) is -0.733. The average molecular weight is 283 g/mol. The van der Waals surface area contributed by atoms with Crippen molar-refractivity contribution >= 4 is 5.78 Å². The Morgan fingerprint density at radius 3 is 2.65 bits per heavy atom. The molecular weight excluding hydrogens is 265 g/mol. The number of benzene rings is 1. The van der Waals surface area contributed by atoms with Crippen LogP contribution in [0.5, 0.6) is 5.75 Å². The van der Waals surface area contributed by atoms with Crippen molar-refractivity contribution in [2.24, 2.45) is 0 Å². The zero-order valence-electron chi connectivity index (χ0n) is 11.3.